The number of aryl methyl sites for hydroxylation is 2. The van der Waals surface area contributed by atoms with Gasteiger partial charge in [-0.05, 0) is 43.2 Å². The first-order chi connectivity index (χ1) is 13.1. The highest BCUT2D eigenvalue weighted by Gasteiger charge is 2.11. The van der Waals surface area contributed by atoms with E-state index in [4.69, 9.17) is 0 Å². The highest BCUT2D eigenvalue weighted by molar-refractivity contribution is 7.98. The predicted molar refractivity (Wildman–Crippen MR) is 114 cm³/mol. The lowest BCUT2D eigenvalue weighted by atomic mass is 10.1. The number of nitrogens with one attached hydrogen (secondary N) is 2. The second-order valence-electron chi connectivity index (χ2n) is 7.11. The maximum atomic E-state index is 12.5. The molecule has 1 aliphatic heterocycles. The fourth-order valence-corrected chi connectivity index (χ4v) is 4.26. The zero-order valence-corrected chi connectivity index (χ0v) is 17.1. The van der Waals surface area contributed by atoms with E-state index in [2.05, 4.69) is 53.6 Å². The van der Waals surface area contributed by atoms with E-state index in [1.165, 1.54) is 21.6 Å². The zero-order chi connectivity index (χ0) is 19.1. The summed E-state index contributed by atoms with van der Waals surface area (Å²) in [6, 6.07) is 14.5. The van der Waals surface area contributed by atoms with E-state index in [0.29, 0.717) is 6.54 Å². The maximum absolute atomic E-state index is 12.5. The lowest BCUT2D eigenvalue weighted by molar-refractivity contribution is 0.0947. The number of nitrogens with zero attached hydrogens (tertiary/aromatic N) is 1. The molecule has 0 spiro atoms. The predicted octanol–water partition coefficient (Wildman–Crippen LogP) is 3.23. The quantitative estimate of drug-likeness (QED) is 0.721. The van der Waals surface area contributed by atoms with Crippen LogP contribution < -0.4 is 10.6 Å². The fourth-order valence-electron chi connectivity index (χ4n) is 3.19. The molecule has 1 aliphatic rings. The molecular weight excluding hydrogens is 354 g/mol. The third kappa shape index (κ3) is 6.09. The van der Waals surface area contributed by atoms with Gasteiger partial charge in [-0.1, -0.05) is 29.8 Å². The second-order valence-corrected chi connectivity index (χ2v) is 8.12. The minimum atomic E-state index is 0.0173. The Labute approximate surface area is 166 Å². The van der Waals surface area contributed by atoms with Crippen LogP contribution in [0.5, 0.6) is 0 Å². The van der Waals surface area contributed by atoms with Gasteiger partial charge in [-0.15, -0.1) is 11.8 Å². The van der Waals surface area contributed by atoms with Gasteiger partial charge in [-0.2, -0.15) is 0 Å². The molecule has 0 unspecified atom stereocenters. The molecule has 0 saturated carbocycles. The largest absolute Gasteiger partial charge is 0.351 e. The molecule has 0 atom stereocenters. The first-order valence-corrected chi connectivity index (χ1v) is 10.6. The number of benzene rings is 2. The van der Waals surface area contributed by atoms with Gasteiger partial charge < -0.3 is 10.6 Å². The lowest BCUT2D eigenvalue weighted by Crippen LogP contribution is -2.46. The Morgan fingerprint density at radius 3 is 2.78 bits per heavy atom. The van der Waals surface area contributed by atoms with Gasteiger partial charge in [0.25, 0.3) is 5.91 Å². The summed E-state index contributed by atoms with van der Waals surface area (Å²) >= 11 is 1.83. The smallest absolute Gasteiger partial charge is 0.251 e. The normalized spacial score (nSPS) is 14.9. The van der Waals surface area contributed by atoms with Crippen LogP contribution in [-0.4, -0.2) is 50.1 Å². The van der Waals surface area contributed by atoms with Crippen molar-refractivity contribution in [2.75, 3.05) is 39.3 Å². The standard InChI is InChI=1S/C22H29N3OS/c1-17-6-7-18(2)21(14-17)27-16-19-4-3-5-20(15-19)22(26)24-10-13-25-11-8-23-9-12-25/h3-7,14-15,23H,8-13,16H2,1-2H3,(H,24,26). The molecule has 144 valence electrons. The van der Waals surface area contributed by atoms with Gasteiger partial charge in [0.05, 0.1) is 0 Å². The Hall–Kier alpha value is -1.82. The molecule has 1 saturated heterocycles. The van der Waals surface area contributed by atoms with Crippen molar-refractivity contribution in [3.05, 3.63) is 64.7 Å². The van der Waals surface area contributed by atoms with Crippen molar-refractivity contribution in [2.24, 2.45) is 0 Å². The molecule has 5 heteroatoms. The summed E-state index contributed by atoms with van der Waals surface area (Å²) in [7, 11) is 0. The third-order valence-corrected chi connectivity index (χ3v) is 6.08. The van der Waals surface area contributed by atoms with Crippen molar-refractivity contribution < 1.29 is 4.79 Å². The summed E-state index contributed by atoms with van der Waals surface area (Å²) in [6.45, 7) is 10.1. The van der Waals surface area contributed by atoms with Crippen LogP contribution in [0.3, 0.4) is 0 Å². The number of carbonyl (C=O) groups excluding carboxylic acids is 1. The Morgan fingerprint density at radius 2 is 1.96 bits per heavy atom. The SMILES string of the molecule is Cc1ccc(C)c(SCc2cccc(C(=O)NCCN3CCNCC3)c2)c1. The van der Waals surface area contributed by atoms with Crippen LogP contribution in [0.1, 0.15) is 27.0 Å². The maximum Gasteiger partial charge on any atom is 0.251 e. The summed E-state index contributed by atoms with van der Waals surface area (Å²) in [6.07, 6.45) is 0. The summed E-state index contributed by atoms with van der Waals surface area (Å²) in [5.74, 6) is 0.885. The molecule has 3 rings (SSSR count). The number of carbonyl (C=O) groups is 1. The first kappa shape index (κ1) is 19.9. The molecule has 0 aliphatic carbocycles. The summed E-state index contributed by atoms with van der Waals surface area (Å²) in [5.41, 5.74) is 4.50. The minimum absolute atomic E-state index is 0.0173. The highest BCUT2D eigenvalue weighted by Crippen LogP contribution is 2.27. The van der Waals surface area contributed by atoms with Crippen LogP contribution in [-0.2, 0) is 5.75 Å². The van der Waals surface area contributed by atoms with E-state index in [1.54, 1.807) is 0 Å². The van der Waals surface area contributed by atoms with Gasteiger partial charge in [0.15, 0.2) is 0 Å². The molecule has 27 heavy (non-hydrogen) atoms. The molecular formula is C22H29N3OS. The third-order valence-electron chi connectivity index (χ3n) is 4.85. The van der Waals surface area contributed by atoms with Crippen molar-refractivity contribution in [1.82, 2.24) is 15.5 Å². The van der Waals surface area contributed by atoms with Crippen molar-refractivity contribution >= 4 is 17.7 Å². The summed E-state index contributed by atoms with van der Waals surface area (Å²) in [5, 5.41) is 6.40. The van der Waals surface area contributed by atoms with Crippen molar-refractivity contribution in [2.45, 2.75) is 24.5 Å². The summed E-state index contributed by atoms with van der Waals surface area (Å²) in [4.78, 5) is 16.2. The molecule has 0 aromatic heterocycles. The van der Waals surface area contributed by atoms with E-state index in [0.717, 1.165) is 44.0 Å². The van der Waals surface area contributed by atoms with Gasteiger partial charge in [0, 0.05) is 55.5 Å². The van der Waals surface area contributed by atoms with E-state index in [9.17, 15) is 4.79 Å². The first-order valence-electron chi connectivity index (χ1n) is 9.62. The molecule has 1 fully saturated rings. The van der Waals surface area contributed by atoms with Gasteiger partial charge in [-0.25, -0.2) is 0 Å². The van der Waals surface area contributed by atoms with Crippen LogP contribution in [0.25, 0.3) is 0 Å². The van der Waals surface area contributed by atoms with Crippen LogP contribution in [0.4, 0.5) is 0 Å². The topological polar surface area (TPSA) is 44.4 Å². The number of hydrogen-bond acceptors (Lipinski definition) is 4. The van der Waals surface area contributed by atoms with Gasteiger partial charge in [-0.3, -0.25) is 9.69 Å². The van der Waals surface area contributed by atoms with Crippen LogP contribution >= 0.6 is 11.8 Å². The van der Waals surface area contributed by atoms with E-state index < -0.39 is 0 Å². The van der Waals surface area contributed by atoms with Gasteiger partial charge >= 0.3 is 0 Å². The Balaban J connectivity index is 1.51. The number of hydrogen-bond donors (Lipinski definition) is 2. The van der Waals surface area contributed by atoms with Crippen LogP contribution in [0.2, 0.25) is 0 Å². The second kappa shape index (κ2) is 9.93. The van der Waals surface area contributed by atoms with Crippen LogP contribution in [0.15, 0.2) is 47.4 Å². The van der Waals surface area contributed by atoms with Gasteiger partial charge in [0.1, 0.15) is 0 Å². The van der Waals surface area contributed by atoms with Crippen molar-refractivity contribution in [3.63, 3.8) is 0 Å². The number of thioether (sulfide) groups is 1. The summed E-state index contributed by atoms with van der Waals surface area (Å²) < 4.78 is 0. The molecule has 2 aromatic rings. The molecule has 1 heterocycles. The monoisotopic (exact) mass is 383 g/mol. The van der Waals surface area contributed by atoms with Crippen molar-refractivity contribution in [3.8, 4) is 0 Å². The molecule has 0 bridgehead atoms. The van der Waals surface area contributed by atoms with E-state index >= 15 is 0 Å². The molecule has 2 N–H and O–H groups in total. The highest BCUT2D eigenvalue weighted by atomic mass is 32.2. The molecule has 4 nitrogen and oxygen atoms in total. The zero-order valence-electron chi connectivity index (χ0n) is 16.3. The van der Waals surface area contributed by atoms with Crippen LogP contribution in [0, 0.1) is 13.8 Å². The Kier molecular flexibility index (Phi) is 7.33. The van der Waals surface area contributed by atoms with E-state index in [1.807, 2.05) is 30.0 Å². The molecule has 0 radical (unpaired) electrons. The molecule has 1 amide bonds. The average Bonchev–Trinajstić information content (AvgIpc) is 2.69. The molecule has 2 aromatic carbocycles. The minimum Gasteiger partial charge on any atom is -0.351 e. The average molecular weight is 384 g/mol. The van der Waals surface area contributed by atoms with Crippen molar-refractivity contribution in [1.29, 1.82) is 0 Å². The number of piperazine rings is 1. The number of rotatable bonds is 7. The fraction of sp³-hybridized carbons (Fsp3) is 0.409. The Morgan fingerprint density at radius 1 is 1.15 bits per heavy atom. The lowest BCUT2D eigenvalue weighted by Gasteiger charge is -2.27. The van der Waals surface area contributed by atoms with E-state index in [-0.39, 0.29) is 5.91 Å². The van der Waals surface area contributed by atoms with Gasteiger partial charge in [0.2, 0.25) is 0 Å². The number of amides is 1. The Bertz CT molecular complexity index is 772.